The first-order valence-electron chi connectivity index (χ1n) is 9.22. The maximum absolute atomic E-state index is 12.2. The van der Waals surface area contributed by atoms with E-state index in [4.69, 9.17) is 19.9 Å². The molecule has 6 heteroatoms. The predicted molar refractivity (Wildman–Crippen MR) is 92.8 cm³/mol. The monoisotopic (exact) mass is 342 g/mol. The molecule has 0 unspecified atom stereocenters. The van der Waals surface area contributed by atoms with Gasteiger partial charge in [0.05, 0.1) is 46.1 Å². The number of hydrogen-bond acceptors (Lipinski definition) is 5. The van der Waals surface area contributed by atoms with E-state index in [-0.39, 0.29) is 5.91 Å². The summed E-state index contributed by atoms with van der Waals surface area (Å²) >= 11 is 0. The van der Waals surface area contributed by atoms with Crippen LogP contribution in [0.3, 0.4) is 0 Å². The number of carbonyl (C=O) groups is 1. The van der Waals surface area contributed by atoms with Crippen molar-refractivity contribution in [3.8, 4) is 0 Å². The highest BCUT2D eigenvalue weighted by Crippen LogP contribution is 2.68. The summed E-state index contributed by atoms with van der Waals surface area (Å²) in [6.07, 6.45) is 4.11. The molecule has 0 radical (unpaired) electrons. The number of amides is 1. The molecule has 0 aromatic rings. The first-order valence-corrected chi connectivity index (χ1v) is 9.22. The Hall–Kier alpha value is -0.690. The van der Waals surface area contributed by atoms with Crippen molar-refractivity contribution in [3.63, 3.8) is 0 Å². The second kappa shape index (κ2) is 9.13. The van der Waals surface area contributed by atoms with E-state index < -0.39 is 0 Å². The molecule has 1 saturated carbocycles. The van der Waals surface area contributed by atoms with E-state index in [0.29, 0.717) is 63.4 Å². The lowest BCUT2D eigenvalue weighted by Gasteiger charge is -2.34. The number of rotatable bonds is 11. The molecule has 0 aromatic heterocycles. The van der Waals surface area contributed by atoms with Crippen LogP contribution in [0.5, 0.6) is 0 Å². The molecule has 1 spiro atoms. The van der Waals surface area contributed by atoms with Gasteiger partial charge < -0.3 is 24.8 Å². The molecule has 140 valence electrons. The Morgan fingerprint density at radius 1 is 0.958 bits per heavy atom. The Kier molecular flexibility index (Phi) is 7.47. The number of carbonyl (C=O) groups excluding carboxylic acids is 1. The van der Waals surface area contributed by atoms with Crippen molar-refractivity contribution in [2.75, 3.05) is 59.3 Å². The summed E-state index contributed by atoms with van der Waals surface area (Å²) in [6, 6.07) is 0. The molecule has 6 nitrogen and oxygen atoms in total. The molecule has 0 atom stereocenters. The Labute approximate surface area is 146 Å². The smallest absolute Gasteiger partial charge is 0.224 e. The van der Waals surface area contributed by atoms with Gasteiger partial charge in [-0.1, -0.05) is 13.8 Å². The van der Waals surface area contributed by atoms with Crippen LogP contribution in [0.4, 0.5) is 0 Å². The molecular weight excluding hydrogens is 308 g/mol. The molecular formula is C18H34N2O4. The minimum Gasteiger partial charge on any atom is -0.379 e. The first kappa shape index (κ1) is 19.6. The molecule has 1 aliphatic heterocycles. The number of piperidine rings is 1. The van der Waals surface area contributed by atoms with Crippen LogP contribution in [0.15, 0.2) is 0 Å². The first-order chi connectivity index (χ1) is 11.5. The van der Waals surface area contributed by atoms with Crippen molar-refractivity contribution >= 4 is 5.91 Å². The van der Waals surface area contributed by atoms with Gasteiger partial charge in [0.15, 0.2) is 0 Å². The average molecular weight is 342 g/mol. The van der Waals surface area contributed by atoms with Gasteiger partial charge in [0.25, 0.3) is 0 Å². The predicted octanol–water partition coefficient (Wildman–Crippen LogP) is 1.42. The van der Waals surface area contributed by atoms with Gasteiger partial charge in [0.1, 0.15) is 0 Å². The van der Waals surface area contributed by atoms with Crippen molar-refractivity contribution < 1.29 is 19.0 Å². The summed E-state index contributed by atoms with van der Waals surface area (Å²) in [6.45, 7) is 10.3. The highest BCUT2D eigenvalue weighted by atomic mass is 16.5. The van der Waals surface area contributed by atoms with Crippen LogP contribution in [0.2, 0.25) is 0 Å². The maximum Gasteiger partial charge on any atom is 0.224 e. The van der Waals surface area contributed by atoms with Crippen LogP contribution in [0.1, 0.15) is 39.5 Å². The topological polar surface area (TPSA) is 74.0 Å². The van der Waals surface area contributed by atoms with Crippen molar-refractivity contribution in [3.05, 3.63) is 0 Å². The van der Waals surface area contributed by atoms with Crippen LogP contribution < -0.4 is 5.73 Å². The summed E-state index contributed by atoms with van der Waals surface area (Å²) < 4.78 is 16.0. The number of nitrogens with zero attached hydrogens (tertiary/aromatic N) is 1. The van der Waals surface area contributed by atoms with Gasteiger partial charge in [-0.25, -0.2) is 0 Å². The Morgan fingerprint density at radius 3 is 1.96 bits per heavy atom. The SMILES string of the molecule is CC1(C)CC12CCN(C(=O)CCOCCOCCOCCN)CC2. The van der Waals surface area contributed by atoms with Gasteiger partial charge in [-0.3, -0.25) is 4.79 Å². The zero-order valence-corrected chi connectivity index (χ0v) is 15.3. The standard InChI is InChI=1S/C18H34N2O4/c1-17(2)15-18(17)4-7-20(8-5-18)16(21)3-9-22-11-13-24-14-12-23-10-6-19/h3-15,19H2,1-2H3. The van der Waals surface area contributed by atoms with Crippen LogP contribution in [-0.4, -0.2) is 70.1 Å². The molecule has 0 bridgehead atoms. The molecule has 1 heterocycles. The van der Waals surface area contributed by atoms with E-state index in [2.05, 4.69) is 13.8 Å². The maximum atomic E-state index is 12.2. The molecule has 2 aliphatic rings. The van der Waals surface area contributed by atoms with Crippen molar-refractivity contribution in [2.45, 2.75) is 39.5 Å². The molecule has 24 heavy (non-hydrogen) atoms. The van der Waals surface area contributed by atoms with E-state index in [0.717, 1.165) is 25.9 Å². The third-order valence-corrected chi connectivity index (χ3v) is 5.63. The van der Waals surface area contributed by atoms with Crippen molar-refractivity contribution in [1.82, 2.24) is 4.90 Å². The third-order valence-electron chi connectivity index (χ3n) is 5.63. The fraction of sp³-hybridized carbons (Fsp3) is 0.944. The molecule has 1 aliphatic carbocycles. The Bertz CT molecular complexity index is 392. The van der Waals surface area contributed by atoms with E-state index in [9.17, 15) is 4.79 Å². The molecule has 2 rings (SSSR count). The zero-order valence-electron chi connectivity index (χ0n) is 15.3. The average Bonchev–Trinajstić information content (AvgIpc) is 3.09. The second-order valence-electron chi connectivity index (χ2n) is 7.60. The summed E-state index contributed by atoms with van der Waals surface area (Å²) in [5.74, 6) is 0.222. The van der Waals surface area contributed by atoms with E-state index >= 15 is 0 Å². The summed E-state index contributed by atoms with van der Waals surface area (Å²) in [5.41, 5.74) is 6.32. The largest absolute Gasteiger partial charge is 0.379 e. The van der Waals surface area contributed by atoms with Gasteiger partial charge in [-0.05, 0) is 30.1 Å². The highest BCUT2D eigenvalue weighted by Gasteiger charge is 2.61. The minimum atomic E-state index is 0.222. The molecule has 2 fully saturated rings. The third kappa shape index (κ3) is 5.41. The Balaban J connectivity index is 1.43. The lowest BCUT2D eigenvalue weighted by atomic mass is 9.86. The number of nitrogens with two attached hydrogens (primary N) is 1. The van der Waals surface area contributed by atoms with Crippen LogP contribution in [0, 0.1) is 10.8 Å². The van der Waals surface area contributed by atoms with E-state index in [1.807, 2.05) is 4.90 Å². The summed E-state index contributed by atoms with van der Waals surface area (Å²) in [4.78, 5) is 14.2. The quantitative estimate of drug-likeness (QED) is 0.575. The van der Waals surface area contributed by atoms with E-state index in [1.165, 1.54) is 6.42 Å². The van der Waals surface area contributed by atoms with Crippen molar-refractivity contribution in [2.24, 2.45) is 16.6 Å². The normalized spacial score (nSPS) is 21.2. The molecule has 1 amide bonds. The highest BCUT2D eigenvalue weighted by molar-refractivity contribution is 5.76. The number of ether oxygens (including phenoxy) is 3. The summed E-state index contributed by atoms with van der Waals surface area (Å²) in [5, 5.41) is 0. The fourth-order valence-electron chi connectivity index (χ4n) is 3.78. The molecule has 0 aromatic carbocycles. The van der Waals surface area contributed by atoms with Crippen LogP contribution in [-0.2, 0) is 19.0 Å². The molecule has 1 saturated heterocycles. The number of likely N-dealkylation sites (tertiary alicyclic amines) is 1. The van der Waals surface area contributed by atoms with Gasteiger partial charge in [0, 0.05) is 19.6 Å². The van der Waals surface area contributed by atoms with Gasteiger partial charge >= 0.3 is 0 Å². The zero-order chi connectivity index (χ0) is 17.5. The van der Waals surface area contributed by atoms with E-state index in [1.54, 1.807) is 0 Å². The lowest BCUT2D eigenvalue weighted by Crippen LogP contribution is -2.40. The van der Waals surface area contributed by atoms with Crippen LogP contribution >= 0.6 is 0 Å². The minimum absolute atomic E-state index is 0.222. The fourth-order valence-corrected chi connectivity index (χ4v) is 3.78. The van der Waals surface area contributed by atoms with Crippen molar-refractivity contribution in [1.29, 1.82) is 0 Å². The number of hydrogen-bond donors (Lipinski definition) is 1. The molecule has 2 N–H and O–H groups in total. The van der Waals surface area contributed by atoms with Gasteiger partial charge in [0.2, 0.25) is 5.91 Å². The lowest BCUT2D eigenvalue weighted by molar-refractivity contribution is -0.134. The van der Waals surface area contributed by atoms with Crippen LogP contribution in [0.25, 0.3) is 0 Å². The summed E-state index contributed by atoms with van der Waals surface area (Å²) in [7, 11) is 0. The van der Waals surface area contributed by atoms with Gasteiger partial charge in [-0.15, -0.1) is 0 Å². The Morgan fingerprint density at radius 2 is 1.46 bits per heavy atom. The second-order valence-corrected chi connectivity index (χ2v) is 7.60. The van der Waals surface area contributed by atoms with Gasteiger partial charge in [-0.2, -0.15) is 0 Å².